The highest BCUT2D eigenvalue weighted by Gasteiger charge is 2.34. The van der Waals surface area contributed by atoms with E-state index in [1.54, 1.807) is 47.4 Å². The van der Waals surface area contributed by atoms with Gasteiger partial charge in [-0.15, -0.1) is 12.6 Å². The minimum Gasteiger partial charge on any atom is -0.480 e. The van der Waals surface area contributed by atoms with Crippen molar-refractivity contribution in [3.63, 3.8) is 0 Å². The van der Waals surface area contributed by atoms with Gasteiger partial charge in [0.1, 0.15) is 22.3 Å². The van der Waals surface area contributed by atoms with Crippen molar-refractivity contribution < 1.29 is 27.5 Å². The molecule has 0 saturated carbocycles. The number of nitrogens with zero attached hydrogens (tertiary/aromatic N) is 1. The van der Waals surface area contributed by atoms with Crippen LogP contribution in [0.2, 0.25) is 0 Å². The number of nitrogens with one attached hydrogen (secondary N) is 1. The third-order valence-electron chi connectivity index (χ3n) is 5.40. The third-order valence-corrected chi connectivity index (χ3v) is 7.72. The van der Waals surface area contributed by atoms with E-state index in [1.807, 2.05) is 30.3 Å². The van der Waals surface area contributed by atoms with Crippen molar-refractivity contribution in [3.05, 3.63) is 88.5 Å². The Morgan fingerprint density at radius 3 is 2.47 bits per heavy atom. The molecular weight excluding hydrogens is 520 g/mol. The Hall–Kier alpha value is -2.99. The number of carboxylic acid groups (broad SMARTS) is 1. The fourth-order valence-electron chi connectivity index (χ4n) is 3.69. The van der Waals surface area contributed by atoms with Crippen LogP contribution in [0, 0.1) is 0 Å². The van der Waals surface area contributed by atoms with Gasteiger partial charge in [-0.1, -0.05) is 66.4 Å². The molecule has 8 nitrogen and oxygen atoms in total. The molecule has 1 saturated heterocycles. The molecule has 0 aliphatic carbocycles. The number of sulfonamides is 1. The Bertz CT molecular complexity index is 1380. The molecule has 1 amide bonds. The van der Waals surface area contributed by atoms with Crippen LogP contribution >= 0.6 is 24.4 Å². The van der Waals surface area contributed by atoms with E-state index < -0.39 is 22.0 Å². The molecule has 1 aliphatic heterocycles. The molecule has 11 heteroatoms. The number of benzene rings is 2. The maximum Gasteiger partial charge on any atom is 0.322 e. The van der Waals surface area contributed by atoms with E-state index in [1.165, 1.54) is 11.8 Å². The second-order valence-electron chi connectivity index (χ2n) is 8.26. The lowest BCUT2D eigenvalue weighted by molar-refractivity contribution is -0.139. The Kier molecular flexibility index (Phi) is 7.94. The zero-order valence-corrected chi connectivity index (χ0v) is 21.7. The molecule has 0 unspecified atom stereocenters. The second-order valence-corrected chi connectivity index (χ2v) is 12.0. The Morgan fingerprint density at radius 2 is 1.83 bits per heavy atom. The molecule has 0 bridgehead atoms. The number of hydrogen-bond donors (Lipinski definition) is 3. The van der Waals surface area contributed by atoms with Gasteiger partial charge in [-0.05, 0) is 29.7 Å². The van der Waals surface area contributed by atoms with Crippen LogP contribution in [-0.2, 0) is 32.6 Å². The van der Waals surface area contributed by atoms with Crippen molar-refractivity contribution in [1.82, 2.24) is 9.62 Å². The van der Waals surface area contributed by atoms with Crippen LogP contribution in [0.3, 0.4) is 0 Å². The van der Waals surface area contributed by atoms with Gasteiger partial charge in [0.2, 0.25) is 10.0 Å². The van der Waals surface area contributed by atoms with E-state index in [-0.39, 0.29) is 17.0 Å². The quantitative estimate of drug-likeness (QED) is 0.277. The molecule has 2 aromatic carbocycles. The van der Waals surface area contributed by atoms with Gasteiger partial charge in [0.15, 0.2) is 0 Å². The summed E-state index contributed by atoms with van der Waals surface area (Å²) in [5.41, 5.74) is 2.44. The normalized spacial score (nSPS) is 18.1. The van der Waals surface area contributed by atoms with Crippen LogP contribution in [0.5, 0.6) is 0 Å². The molecule has 2 N–H and O–H groups in total. The Morgan fingerprint density at radius 1 is 1.14 bits per heavy atom. The lowest BCUT2D eigenvalue weighted by atomic mass is 10.0. The molecule has 4 rings (SSSR count). The summed E-state index contributed by atoms with van der Waals surface area (Å²) in [6, 6.07) is 19.0. The average molecular weight is 545 g/mol. The standard InChI is InChI=1S/C25H24N2O6S3/c1-36(31,32)26-20(24(29)30)13-16-7-9-18(10-8-16)21-12-11-19(33-21)14-22-23(28)27(25(34)35-22)15-17-5-3-2-4-6-17/h2-12,14,20,25-26,34H,13,15H2,1H3,(H,29,30)/b22-14-/t20-,25-/m0/s1. The van der Waals surface area contributed by atoms with E-state index in [4.69, 9.17) is 4.42 Å². The predicted octanol–water partition coefficient (Wildman–Crippen LogP) is 3.82. The summed E-state index contributed by atoms with van der Waals surface area (Å²) in [4.78, 5) is 26.5. The smallest absolute Gasteiger partial charge is 0.322 e. The summed E-state index contributed by atoms with van der Waals surface area (Å²) >= 11 is 5.92. The van der Waals surface area contributed by atoms with Crippen molar-refractivity contribution in [2.45, 2.75) is 23.7 Å². The lowest BCUT2D eigenvalue weighted by Gasteiger charge is -2.19. The maximum absolute atomic E-state index is 12.9. The van der Waals surface area contributed by atoms with Gasteiger partial charge >= 0.3 is 5.97 Å². The van der Waals surface area contributed by atoms with Crippen molar-refractivity contribution in [2.75, 3.05) is 6.26 Å². The monoisotopic (exact) mass is 544 g/mol. The highest BCUT2D eigenvalue weighted by Crippen LogP contribution is 2.39. The number of carbonyl (C=O) groups excluding carboxylic acids is 1. The first-order valence-electron chi connectivity index (χ1n) is 10.9. The first kappa shape index (κ1) is 26.1. The first-order valence-corrected chi connectivity index (χ1v) is 14.2. The van der Waals surface area contributed by atoms with E-state index in [0.717, 1.165) is 17.4 Å². The molecule has 0 radical (unpaired) electrons. The van der Waals surface area contributed by atoms with Crippen molar-refractivity contribution >= 4 is 52.4 Å². The van der Waals surface area contributed by atoms with Crippen molar-refractivity contribution in [3.8, 4) is 11.3 Å². The lowest BCUT2D eigenvalue weighted by Crippen LogP contribution is -2.41. The van der Waals surface area contributed by atoms with E-state index in [2.05, 4.69) is 17.4 Å². The van der Waals surface area contributed by atoms with E-state index in [9.17, 15) is 23.1 Å². The van der Waals surface area contributed by atoms with Crippen LogP contribution in [0.1, 0.15) is 16.9 Å². The number of hydrogen-bond acceptors (Lipinski definition) is 7. The molecule has 36 heavy (non-hydrogen) atoms. The number of rotatable bonds is 9. The molecule has 188 valence electrons. The molecule has 1 aromatic heterocycles. The predicted molar refractivity (Wildman–Crippen MR) is 143 cm³/mol. The summed E-state index contributed by atoms with van der Waals surface area (Å²) < 4.78 is 30.6. The van der Waals surface area contributed by atoms with Gasteiger partial charge in [-0.3, -0.25) is 9.59 Å². The molecule has 3 aromatic rings. The van der Waals surface area contributed by atoms with Crippen LogP contribution in [-0.4, -0.2) is 47.3 Å². The highest BCUT2D eigenvalue weighted by molar-refractivity contribution is 8.14. The summed E-state index contributed by atoms with van der Waals surface area (Å²) in [6.07, 6.45) is 2.62. The van der Waals surface area contributed by atoms with Crippen LogP contribution in [0.15, 0.2) is 76.1 Å². The number of aliphatic carboxylic acids is 1. The molecule has 1 aliphatic rings. The number of furan rings is 1. The summed E-state index contributed by atoms with van der Waals surface area (Å²) in [7, 11) is -3.66. The minimum atomic E-state index is -3.66. The molecular formula is C25H24N2O6S3. The van der Waals surface area contributed by atoms with Crippen LogP contribution < -0.4 is 4.72 Å². The Balaban J connectivity index is 1.44. The molecule has 0 spiro atoms. The zero-order chi connectivity index (χ0) is 25.9. The minimum absolute atomic E-state index is 0.00188. The number of thioether (sulfide) groups is 1. The third kappa shape index (κ3) is 6.61. The van der Waals surface area contributed by atoms with Crippen LogP contribution in [0.25, 0.3) is 17.4 Å². The second kappa shape index (κ2) is 11.0. The SMILES string of the molecule is CS(=O)(=O)N[C@@H](Cc1ccc(-c2ccc(/C=C3\S[C@H](S)N(Cc4ccccc4)C3=O)o2)cc1)C(=O)O. The first-order chi connectivity index (χ1) is 17.1. The van der Waals surface area contributed by atoms with Gasteiger partial charge in [0.25, 0.3) is 5.91 Å². The molecule has 2 heterocycles. The van der Waals surface area contributed by atoms with Crippen molar-refractivity contribution in [1.29, 1.82) is 0 Å². The van der Waals surface area contributed by atoms with Gasteiger partial charge in [-0.2, -0.15) is 0 Å². The van der Waals surface area contributed by atoms with Crippen molar-refractivity contribution in [2.24, 2.45) is 0 Å². The van der Waals surface area contributed by atoms with Gasteiger partial charge in [0, 0.05) is 18.2 Å². The van der Waals surface area contributed by atoms with Gasteiger partial charge < -0.3 is 14.4 Å². The van der Waals surface area contributed by atoms with E-state index in [0.29, 0.717) is 28.5 Å². The maximum atomic E-state index is 12.9. The Labute approximate surface area is 218 Å². The number of thiol groups is 1. The molecule has 1 fully saturated rings. The number of amides is 1. The summed E-state index contributed by atoms with van der Waals surface area (Å²) in [6.45, 7) is 0.469. The number of carboxylic acids is 1. The highest BCUT2D eigenvalue weighted by atomic mass is 32.2. The molecule has 2 atom stereocenters. The topological polar surface area (TPSA) is 117 Å². The fraction of sp³-hybridized carbons (Fsp3) is 0.200. The van der Waals surface area contributed by atoms with E-state index >= 15 is 0 Å². The summed E-state index contributed by atoms with van der Waals surface area (Å²) in [5, 5.41) is 9.29. The largest absolute Gasteiger partial charge is 0.480 e. The number of carbonyl (C=O) groups is 2. The zero-order valence-electron chi connectivity index (χ0n) is 19.2. The average Bonchev–Trinajstić information content (AvgIpc) is 3.39. The van der Waals surface area contributed by atoms with Gasteiger partial charge in [-0.25, -0.2) is 13.1 Å². The summed E-state index contributed by atoms with van der Waals surface area (Å²) in [5.74, 6) is -0.257. The van der Waals surface area contributed by atoms with Crippen LogP contribution in [0.4, 0.5) is 0 Å². The fourth-order valence-corrected chi connectivity index (χ4v) is 5.84. The van der Waals surface area contributed by atoms with Gasteiger partial charge in [0.05, 0.1) is 11.2 Å².